The summed E-state index contributed by atoms with van der Waals surface area (Å²) < 4.78 is 83.5. The Kier molecular flexibility index (Phi) is 10.1. The number of aliphatic hydroxyl groups is 1. The van der Waals surface area contributed by atoms with Gasteiger partial charge in [-0.1, -0.05) is 80.1 Å². The molecule has 0 amide bonds. The summed E-state index contributed by atoms with van der Waals surface area (Å²) in [6, 6.07) is 16.4. The summed E-state index contributed by atoms with van der Waals surface area (Å²) >= 11 is 6.44. The van der Waals surface area contributed by atoms with Gasteiger partial charge in [-0.3, -0.25) is 4.79 Å². The minimum absolute atomic E-state index is 0.0581. The molecular formula is C33H33ClF6O3. The van der Waals surface area contributed by atoms with Gasteiger partial charge >= 0.3 is 18.3 Å². The van der Waals surface area contributed by atoms with Crippen molar-refractivity contribution >= 4 is 23.6 Å². The highest BCUT2D eigenvalue weighted by Gasteiger charge is 2.68. The maximum Gasteiger partial charge on any atom is 0.430 e. The third-order valence-electron chi connectivity index (χ3n) is 8.10. The van der Waals surface area contributed by atoms with Crippen LogP contribution in [0.5, 0.6) is 0 Å². The Labute approximate surface area is 252 Å². The van der Waals surface area contributed by atoms with Gasteiger partial charge in [-0.15, -0.1) is 0 Å². The fraction of sp³-hybridized carbons (Fsp3) is 0.364. The van der Waals surface area contributed by atoms with Crippen molar-refractivity contribution in [2.45, 2.75) is 70.3 Å². The predicted molar refractivity (Wildman–Crippen MR) is 156 cm³/mol. The average Bonchev–Trinajstić information content (AvgIpc) is 2.93. The van der Waals surface area contributed by atoms with Gasteiger partial charge in [-0.05, 0) is 83.3 Å². The number of alkyl halides is 6. The summed E-state index contributed by atoms with van der Waals surface area (Å²) in [4.78, 5) is 11.7. The number of methoxy groups -OCH3 is 1. The molecule has 0 saturated carbocycles. The van der Waals surface area contributed by atoms with E-state index in [9.17, 15) is 36.2 Å². The van der Waals surface area contributed by atoms with Crippen molar-refractivity contribution in [3.8, 4) is 11.1 Å². The van der Waals surface area contributed by atoms with Crippen molar-refractivity contribution in [3.63, 3.8) is 0 Å². The zero-order valence-corrected chi connectivity index (χ0v) is 25.1. The number of hydrogen-bond donors (Lipinski definition) is 1. The standard InChI is InChI=1S/C33H33ClF6O3/c1-6-30(7-2,25-11-10-22(20(3)16-25)14-15-31(42,32(35,36)37)33(38,39)40)26-12-13-27(21(4)17-26)23-8-9-24(28(34)18-23)19-29(41)43-5/h8-18,42H,6-7,19H2,1-5H3. The molecule has 0 heterocycles. The molecule has 0 aliphatic carbocycles. The van der Waals surface area contributed by atoms with E-state index in [4.69, 9.17) is 16.3 Å². The molecule has 10 heteroatoms. The topological polar surface area (TPSA) is 46.5 Å². The second-order valence-corrected chi connectivity index (χ2v) is 11.0. The van der Waals surface area contributed by atoms with E-state index in [1.807, 2.05) is 39.0 Å². The highest BCUT2D eigenvalue weighted by molar-refractivity contribution is 6.31. The van der Waals surface area contributed by atoms with Gasteiger partial charge in [0.25, 0.3) is 5.60 Å². The molecule has 0 radical (unpaired) electrons. The molecule has 232 valence electrons. The van der Waals surface area contributed by atoms with Crippen LogP contribution in [-0.2, 0) is 21.4 Å². The van der Waals surface area contributed by atoms with E-state index in [2.05, 4.69) is 6.07 Å². The Morgan fingerprint density at radius 1 is 0.860 bits per heavy atom. The summed E-state index contributed by atoms with van der Waals surface area (Å²) in [5.41, 5.74) is 0.408. The van der Waals surface area contributed by atoms with Gasteiger partial charge in [-0.2, -0.15) is 26.3 Å². The summed E-state index contributed by atoms with van der Waals surface area (Å²) in [6.45, 7) is 7.60. The van der Waals surface area contributed by atoms with E-state index in [0.717, 1.165) is 27.8 Å². The number of carbonyl (C=O) groups excluding carboxylic acids is 1. The Morgan fingerprint density at radius 2 is 1.42 bits per heavy atom. The SMILES string of the molecule is CCC(CC)(c1ccc(C=CC(O)(C(F)(F)F)C(F)(F)F)c(C)c1)c1ccc(-c2ccc(CC(=O)OC)c(Cl)c2)c(C)c1. The molecule has 0 aromatic heterocycles. The Hall–Kier alpha value is -3.30. The van der Waals surface area contributed by atoms with Crippen LogP contribution in [0, 0.1) is 13.8 Å². The molecule has 43 heavy (non-hydrogen) atoms. The number of halogens is 7. The number of benzene rings is 3. The zero-order valence-electron chi connectivity index (χ0n) is 24.4. The fourth-order valence-electron chi connectivity index (χ4n) is 5.32. The molecule has 0 saturated heterocycles. The van der Waals surface area contributed by atoms with Crippen LogP contribution in [0.25, 0.3) is 17.2 Å². The van der Waals surface area contributed by atoms with Crippen molar-refractivity contribution in [1.29, 1.82) is 0 Å². The summed E-state index contributed by atoms with van der Waals surface area (Å²) in [5, 5.41) is 9.93. The van der Waals surface area contributed by atoms with Crippen LogP contribution in [0.2, 0.25) is 5.02 Å². The molecular weight excluding hydrogens is 594 g/mol. The van der Waals surface area contributed by atoms with Gasteiger partial charge in [0, 0.05) is 10.4 Å². The lowest BCUT2D eigenvalue weighted by Gasteiger charge is -2.34. The molecule has 3 nitrogen and oxygen atoms in total. The number of rotatable bonds is 9. The first kappa shape index (κ1) is 34.2. The number of ether oxygens (including phenoxy) is 1. The molecule has 0 spiro atoms. The third kappa shape index (κ3) is 6.78. The lowest BCUT2D eigenvalue weighted by atomic mass is 9.69. The van der Waals surface area contributed by atoms with E-state index in [1.54, 1.807) is 31.2 Å². The van der Waals surface area contributed by atoms with Crippen LogP contribution in [-0.4, -0.2) is 36.1 Å². The Morgan fingerprint density at radius 3 is 1.88 bits per heavy atom. The number of esters is 1. The summed E-state index contributed by atoms with van der Waals surface area (Å²) in [5.74, 6) is -0.394. The average molecular weight is 627 g/mol. The minimum Gasteiger partial charge on any atom is -0.469 e. The summed E-state index contributed by atoms with van der Waals surface area (Å²) in [7, 11) is 1.31. The first-order valence-corrected chi connectivity index (χ1v) is 13.9. The van der Waals surface area contributed by atoms with E-state index in [-0.39, 0.29) is 18.1 Å². The highest BCUT2D eigenvalue weighted by Crippen LogP contribution is 2.45. The number of carbonyl (C=O) groups is 1. The van der Waals surface area contributed by atoms with Crippen molar-refractivity contribution in [2.24, 2.45) is 0 Å². The largest absolute Gasteiger partial charge is 0.469 e. The van der Waals surface area contributed by atoms with E-state index in [1.165, 1.54) is 13.2 Å². The third-order valence-corrected chi connectivity index (χ3v) is 8.46. The first-order chi connectivity index (χ1) is 19.9. The van der Waals surface area contributed by atoms with E-state index in [0.29, 0.717) is 35.1 Å². The maximum absolute atomic E-state index is 13.1. The molecule has 0 atom stereocenters. The molecule has 3 aromatic carbocycles. The second kappa shape index (κ2) is 12.7. The lowest BCUT2D eigenvalue weighted by Crippen LogP contribution is -2.55. The van der Waals surface area contributed by atoms with Gasteiger partial charge in [0.05, 0.1) is 13.5 Å². The summed E-state index contributed by atoms with van der Waals surface area (Å²) in [6.07, 6.45) is -10.1. The smallest absolute Gasteiger partial charge is 0.430 e. The zero-order chi connectivity index (χ0) is 32.4. The van der Waals surface area contributed by atoms with Gasteiger partial charge in [0.15, 0.2) is 0 Å². The van der Waals surface area contributed by atoms with Crippen LogP contribution in [0.4, 0.5) is 26.3 Å². The van der Waals surface area contributed by atoms with E-state index >= 15 is 0 Å². The maximum atomic E-state index is 13.1. The highest BCUT2D eigenvalue weighted by atomic mass is 35.5. The van der Waals surface area contributed by atoms with Gasteiger partial charge in [0.1, 0.15) is 0 Å². The molecule has 0 bridgehead atoms. The lowest BCUT2D eigenvalue weighted by molar-refractivity contribution is -0.347. The van der Waals surface area contributed by atoms with Crippen LogP contribution in [0.3, 0.4) is 0 Å². The molecule has 0 unspecified atom stereocenters. The van der Waals surface area contributed by atoms with Crippen LogP contribution < -0.4 is 0 Å². The van der Waals surface area contributed by atoms with Gasteiger partial charge in [-0.25, -0.2) is 0 Å². The van der Waals surface area contributed by atoms with Gasteiger partial charge in [0.2, 0.25) is 0 Å². The van der Waals surface area contributed by atoms with Crippen molar-refractivity contribution in [3.05, 3.63) is 99.1 Å². The normalized spacial score (nSPS) is 13.0. The second-order valence-electron chi connectivity index (χ2n) is 10.5. The monoisotopic (exact) mass is 626 g/mol. The molecule has 0 fully saturated rings. The Bertz CT molecular complexity index is 1490. The minimum atomic E-state index is -5.93. The molecule has 3 aromatic rings. The quantitative estimate of drug-likeness (QED) is 0.190. The van der Waals surface area contributed by atoms with Crippen LogP contribution in [0.1, 0.15) is 60.1 Å². The van der Waals surface area contributed by atoms with E-state index < -0.39 is 29.3 Å². The van der Waals surface area contributed by atoms with Gasteiger partial charge < -0.3 is 9.84 Å². The molecule has 3 rings (SSSR count). The number of aryl methyl sites for hydroxylation is 2. The fourth-order valence-corrected chi connectivity index (χ4v) is 5.57. The predicted octanol–water partition coefficient (Wildman–Crippen LogP) is 9.31. The first-order valence-electron chi connectivity index (χ1n) is 13.6. The van der Waals surface area contributed by atoms with Crippen molar-refractivity contribution in [2.75, 3.05) is 7.11 Å². The Balaban J connectivity index is 2.00. The van der Waals surface area contributed by atoms with Crippen LogP contribution >= 0.6 is 11.6 Å². The molecule has 0 aliphatic rings. The van der Waals surface area contributed by atoms with Crippen LogP contribution in [0.15, 0.2) is 60.7 Å². The molecule has 1 N–H and O–H groups in total. The molecule has 0 aliphatic heterocycles. The van der Waals surface area contributed by atoms with Crippen molar-refractivity contribution in [1.82, 2.24) is 0 Å². The van der Waals surface area contributed by atoms with Crippen molar-refractivity contribution < 1.29 is 41.0 Å². The number of hydrogen-bond acceptors (Lipinski definition) is 3.